The van der Waals surface area contributed by atoms with Crippen LogP contribution in [0.25, 0.3) is 0 Å². The van der Waals surface area contributed by atoms with Crippen LogP contribution in [0.15, 0.2) is 12.0 Å². The highest BCUT2D eigenvalue weighted by Gasteiger charge is 2.12. The van der Waals surface area contributed by atoms with Crippen LogP contribution in [0, 0.1) is 0 Å². The van der Waals surface area contributed by atoms with E-state index in [9.17, 15) is 4.21 Å². The quantitative estimate of drug-likeness (QED) is 0.522. The Balaban J connectivity index is 2.49. The Morgan fingerprint density at radius 2 is 2.62 bits per heavy atom. The van der Waals surface area contributed by atoms with Crippen LogP contribution in [-0.2, 0) is 19.7 Å². The van der Waals surface area contributed by atoms with E-state index in [1.165, 1.54) is 6.26 Å². The molecule has 0 fully saturated rings. The van der Waals surface area contributed by atoms with Crippen molar-refractivity contribution < 1.29 is 12.6 Å². The predicted octanol–water partition coefficient (Wildman–Crippen LogP) is 0.692. The molecule has 0 N–H and O–H groups in total. The molecule has 0 saturated heterocycles. The first-order valence-electron chi connectivity index (χ1n) is 1.85. The molecule has 1 rings (SSSR count). The Morgan fingerprint density at radius 3 is 2.88 bits per heavy atom. The molecule has 0 bridgehead atoms. The fraction of sp³-hybridized carbons (Fsp3) is 0.333. The predicted molar refractivity (Wildman–Crippen MR) is 29.1 cm³/mol. The molecule has 3 nitrogen and oxygen atoms in total. The van der Waals surface area contributed by atoms with Crippen LogP contribution in [0.2, 0.25) is 0 Å². The molecule has 1 unspecified atom stereocenters. The maximum absolute atomic E-state index is 10.2. The second-order valence-electron chi connectivity index (χ2n) is 1.10. The highest BCUT2D eigenvalue weighted by atomic mass is 35.5. The van der Waals surface area contributed by atoms with Crippen LogP contribution in [-0.4, -0.2) is 10.1 Å². The van der Waals surface area contributed by atoms with E-state index >= 15 is 0 Å². The molecule has 0 aliphatic carbocycles. The van der Waals surface area contributed by atoms with E-state index in [0.717, 1.165) is 0 Å². The highest BCUT2D eigenvalue weighted by Crippen LogP contribution is 2.11. The summed E-state index contributed by atoms with van der Waals surface area (Å²) >= 11 is 3.64. The normalized spacial score (nSPS) is 26.1. The molecule has 1 heterocycles. The molecule has 5 heteroatoms. The summed E-state index contributed by atoms with van der Waals surface area (Å²) in [6.07, 6.45) is 1.24. The van der Waals surface area contributed by atoms with E-state index < -0.39 is 11.4 Å². The van der Waals surface area contributed by atoms with Crippen molar-refractivity contribution in [2.24, 2.45) is 0 Å². The molecule has 46 valence electrons. The van der Waals surface area contributed by atoms with Gasteiger partial charge in [0.15, 0.2) is 5.76 Å². The van der Waals surface area contributed by atoms with Crippen LogP contribution in [0.1, 0.15) is 0 Å². The third-order valence-corrected chi connectivity index (χ3v) is 1.43. The first-order chi connectivity index (χ1) is 3.83. The van der Waals surface area contributed by atoms with Crippen molar-refractivity contribution in [1.82, 2.24) is 0 Å². The number of alkyl halides is 1. The van der Waals surface area contributed by atoms with Crippen LogP contribution in [0.4, 0.5) is 0 Å². The lowest BCUT2D eigenvalue weighted by Crippen LogP contribution is -1.87. The zero-order valence-electron chi connectivity index (χ0n) is 3.80. The Hall–Kier alpha value is -0.220. The zero-order chi connectivity index (χ0) is 5.98. The van der Waals surface area contributed by atoms with Gasteiger partial charge in [-0.15, -0.1) is 11.6 Å². The molecular formula is C3H3ClO3S. The topological polar surface area (TPSA) is 35.5 Å². The first kappa shape index (κ1) is 5.91. The molecule has 0 aromatic heterocycles. The third kappa shape index (κ3) is 1.14. The fourth-order valence-corrected chi connectivity index (χ4v) is 0.954. The highest BCUT2D eigenvalue weighted by molar-refractivity contribution is 7.75. The number of allylic oxidation sites excluding steroid dienone is 1. The van der Waals surface area contributed by atoms with Crippen molar-refractivity contribution in [3.63, 3.8) is 0 Å². The molecule has 0 aromatic rings. The van der Waals surface area contributed by atoms with Gasteiger partial charge in [0, 0.05) is 0 Å². The standard InChI is InChI=1S/C3H3ClO3S/c4-1-3-2-6-8(5)7-3/h2H,1H2. The molecule has 0 radical (unpaired) electrons. The summed E-state index contributed by atoms with van der Waals surface area (Å²) < 4.78 is 19.0. The summed E-state index contributed by atoms with van der Waals surface area (Å²) in [6.45, 7) is 0. The largest absolute Gasteiger partial charge is 0.417 e. The van der Waals surface area contributed by atoms with Gasteiger partial charge < -0.3 is 8.37 Å². The van der Waals surface area contributed by atoms with Crippen molar-refractivity contribution in [2.75, 3.05) is 5.88 Å². The van der Waals surface area contributed by atoms with Crippen molar-refractivity contribution >= 4 is 23.0 Å². The van der Waals surface area contributed by atoms with Gasteiger partial charge in [-0.25, -0.2) is 0 Å². The third-order valence-electron chi connectivity index (χ3n) is 0.565. The maximum Gasteiger partial charge on any atom is 0.417 e. The lowest BCUT2D eigenvalue weighted by Gasteiger charge is -1.87. The van der Waals surface area contributed by atoms with Crippen LogP contribution < -0.4 is 0 Å². The van der Waals surface area contributed by atoms with E-state index in [-0.39, 0.29) is 5.88 Å². The van der Waals surface area contributed by atoms with Gasteiger partial charge in [0.2, 0.25) is 0 Å². The molecule has 8 heavy (non-hydrogen) atoms. The molecule has 1 atom stereocenters. The second-order valence-corrected chi connectivity index (χ2v) is 2.14. The molecule has 0 amide bonds. The van der Waals surface area contributed by atoms with E-state index in [1.807, 2.05) is 0 Å². The number of hydrogen-bond donors (Lipinski definition) is 0. The minimum Gasteiger partial charge on any atom is -0.375 e. The fourth-order valence-electron chi connectivity index (χ4n) is 0.273. The van der Waals surface area contributed by atoms with Crippen LogP contribution in [0.3, 0.4) is 0 Å². The summed E-state index contributed by atoms with van der Waals surface area (Å²) in [4.78, 5) is 0. The minimum absolute atomic E-state index is 0.200. The van der Waals surface area contributed by atoms with Gasteiger partial charge in [0.25, 0.3) is 0 Å². The molecule has 1 aliphatic heterocycles. The van der Waals surface area contributed by atoms with Crippen molar-refractivity contribution in [3.05, 3.63) is 12.0 Å². The van der Waals surface area contributed by atoms with Gasteiger partial charge in [-0.3, -0.25) is 0 Å². The van der Waals surface area contributed by atoms with Gasteiger partial charge in [-0.05, 0) is 0 Å². The first-order valence-corrected chi connectivity index (χ1v) is 3.38. The SMILES string of the molecule is O=S1OC=C(CCl)O1. The monoisotopic (exact) mass is 154 g/mol. The van der Waals surface area contributed by atoms with Gasteiger partial charge in [0.1, 0.15) is 6.26 Å². The number of halogens is 1. The Kier molecular flexibility index (Phi) is 1.75. The average molecular weight is 155 g/mol. The van der Waals surface area contributed by atoms with Gasteiger partial charge >= 0.3 is 11.4 Å². The van der Waals surface area contributed by atoms with E-state index in [1.54, 1.807) is 0 Å². The average Bonchev–Trinajstić information content (AvgIpc) is 2.14. The number of rotatable bonds is 1. The van der Waals surface area contributed by atoms with Crippen molar-refractivity contribution in [2.45, 2.75) is 0 Å². The zero-order valence-corrected chi connectivity index (χ0v) is 5.37. The lowest BCUT2D eigenvalue weighted by atomic mass is 10.6. The summed E-state index contributed by atoms with van der Waals surface area (Å²) in [6, 6.07) is 0. The van der Waals surface area contributed by atoms with E-state index in [0.29, 0.717) is 5.76 Å². The summed E-state index contributed by atoms with van der Waals surface area (Å²) in [5.41, 5.74) is 0. The number of hydrogen-bond acceptors (Lipinski definition) is 3. The molecule has 0 saturated carbocycles. The second kappa shape index (κ2) is 2.37. The maximum atomic E-state index is 10.2. The minimum atomic E-state index is -1.63. The molecule has 1 aliphatic rings. The van der Waals surface area contributed by atoms with Gasteiger partial charge in [0.05, 0.1) is 5.88 Å². The molecule has 0 aromatic carbocycles. The lowest BCUT2D eigenvalue weighted by molar-refractivity contribution is 0.433. The summed E-state index contributed by atoms with van der Waals surface area (Å²) in [5, 5.41) is 0. The van der Waals surface area contributed by atoms with Crippen molar-refractivity contribution in [1.29, 1.82) is 0 Å². The van der Waals surface area contributed by atoms with E-state index in [2.05, 4.69) is 8.37 Å². The molecular weight excluding hydrogens is 152 g/mol. The van der Waals surface area contributed by atoms with Gasteiger partial charge in [-0.2, -0.15) is 4.21 Å². The summed E-state index contributed by atoms with van der Waals surface area (Å²) in [7, 11) is 0. The summed E-state index contributed by atoms with van der Waals surface area (Å²) in [5.74, 6) is 0.608. The smallest absolute Gasteiger partial charge is 0.375 e. The van der Waals surface area contributed by atoms with Crippen LogP contribution >= 0.6 is 11.6 Å². The van der Waals surface area contributed by atoms with Gasteiger partial charge in [-0.1, -0.05) is 0 Å². The van der Waals surface area contributed by atoms with E-state index in [4.69, 9.17) is 11.6 Å². The van der Waals surface area contributed by atoms with Crippen molar-refractivity contribution in [3.8, 4) is 0 Å². The Labute approximate surface area is 54.1 Å². The Morgan fingerprint density at radius 1 is 1.88 bits per heavy atom. The van der Waals surface area contributed by atoms with Crippen LogP contribution in [0.5, 0.6) is 0 Å². The molecule has 0 spiro atoms. The Bertz CT molecular complexity index is 143.